The molecule has 7 aromatic rings. The van der Waals surface area contributed by atoms with Crippen molar-refractivity contribution in [1.82, 2.24) is 24.8 Å². The Labute approximate surface area is 350 Å². The highest BCUT2D eigenvalue weighted by atomic mass is 32.2. The number of carboxylic acids is 1. The van der Waals surface area contributed by atoms with Crippen molar-refractivity contribution in [2.24, 2.45) is 0 Å². The number of benzene rings is 4. The molecule has 8 rings (SSSR count). The minimum atomic E-state index is -3.44. The SMILES string of the molecule is Cc1c(-c2nc3cc(CN(C)C)c(OCc4cncc(S(C)(=O)=O)c4)cc3o2)cccc1-c1cccc(-c2nc3cc(CN4CCC[C@H]4C(=O)O)c(OC(F)F)cc3o2)c1C. The van der Waals surface area contributed by atoms with E-state index in [1.54, 1.807) is 29.3 Å². The van der Waals surface area contributed by atoms with Gasteiger partial charge in [0.15, 0.2) is 21.0 Å². The van der Waals surface area contributed by atoms with E-state index < -0.39 is 28.5 Å². The Kier molecular flexibility index (Phi) is 11.3. The molecule has 4 heterocycles. The second-order valence-electron chi connectivity index (χ2n) is 15.5. The first-order valence-corrected chi connectivity index (χ1v) is 21.4. The molecule has 61 heavy (non-hydrogen) atoms. The van der Waals surface area contributed by atoms with Crippen LogP contribution in [0.25, 0.3) is 56.2 Å². The van der Waals surface area contributed by atoms with Crippen molar-refractivity contribution in [3.63, 3.8) is 0 Å². The van der Waals surface area contributed by atoms with Crippen molar-refractivity contribution in [1.29, 1.82) is 0 Å². The van der Waals surface area contributed by atoms with Crippen molar-refractivity contribution in [2.75, 3.05) is 26.9 Å². The Morgan fingerprint density at radius 2 is 1.48 bits per heavy atom. The van der Waals surface area contributed by atoms with Gasteiger partial charge < -0.3 is 28.3 Å². The van der Waals surface area contributed by atoms with Gasteiger partial charge in [-0.15, -0.1) is 0 Å². The van der Waals surface area contributed by atoms with Crippen molar-refractivity contribution < 1.29 is 45.4 Å². The fourth-order valence-corrected chi connectivity index (χ4v) is 8.51. The number of aromatic nitrogens is 3. The number of fused-ring (bicyclic) bond motifs is 2. The molecular weight excluding hydrogens is 809 g/mol. The summed E-state index contributed by atoms with van der Waals surface area (Å²) in [6.07, 6.45) is 5.18. The van der Waals surface area contributed by atoms with Crippen molar-refractivity contribution >= 4 is 38.0 Å². The fraction of sp³-hybridized carbons (Fsp3) is 0.289. The number of pyridine rings is 1. The molecule has 0 aliphatic carbocycles. The van der Waals surface area contributed by atoms with Gasteiger partial charge in [0.2, 0.25) is 11.8 Å². The van der Waals surface area contributed by atoms with E-state index in [1.807, 2.05) is 75.3 Å². The standard InChI is InChI=1S/C45H43F2N5O8S/c1-25-31(9-6-11-33(25)42-49-35-16-28(22-51(3)4)38(18-40(35)58-42)57-24-27-15-30(21-48-20-27)61(5,55)56)32-10-7-12-34(26(32)2)43-50-36-17-29(23-52-14-8-13-37(52)44(53)54)39(60-45(46)47)19-41(36)59-43/h6-7,9-12,15-21,37,45H,8,13-14,22-24H2,1-5H3,(H,53,54)/t37-/m0/s1. The maximum absolute atomic E-state index is 13.6. The molecule has 3 aromatic heterocycles. The van der Waals surface area contributed by atoms with Crippen LogP contribution >= 0.6 is 0 Å². The summed E-state index contributed by atoms with van der Waals surface area (Å²) < 4.78 is 75.0. The molecule has 1 N–H and O–H groups in total. The van der Waals surface area contributed by atoms with Crippen LogP contribution in [0.4, 0.5) is 8.78 Å². The number of rotatable bonds is 14. The number of aliphatic carboxylic acids is 1. The molecule has 16 heteroatoms. The minimum Gasteiger partial charge on any atom is -0.488 e. The van der Waals surface area contributed by atoms with Gasteiger partial charge in [-0.2, -0.15) is 8.78 Å². The molecule has 316 valence electrons. The predicted octanol–water partition coefficient (Wildman–Crippen LogP) is 8.68. The molecule has 4 aromatic carbocycles. The van der Waals surface area contributed by atoms with Crippen LogP contribution in [0, 0.1) is 13.8 Å². The van der Waals surface area contributed by atoms with Gasteiger partial charge in [-0.25, -0.2) is 18.4 Å². The van der Waals surface area contributed by atoms with Crippen LogP contribution in [0.5, 0.6) is 11.5 Å². The third kappa shape index (κ3) is 8.69. The molecule has 1 atom stereocenters. The Balaban J connectivity index is 1.11. The Morgan fingerprint density at radius 3 is 2.05 bits per heavy atom. The van der Waals surface area contributed by atoms with Gasteiger partial charge in [-0.1, -0.05) is 24.3 Å². The zero-order valence-electron chi connectivity index (χ0n) is 34.1. The van der Waals surface area contributed by atoms with Crippen molar-refractivity contribution in [2.45, 2.75) is 63.9 Å². The summed E-state index contributed by atoms with van der Waals surface area (Å²) in [5.41, 5.74) is 8.80. The van der Waals surface area contributed by atoms with Crippen LogP contribution in [0.3, 0.4) is 0 Å². The Hall–Kier alpha value is -6.23. The minimum absolute atomic E-state index is 0.0919. The predicted molar refractivity (Wildman–Crippen MR) is 224 cm³/mol. The third-order valence-electron chi connectivity index (χ3n) is 10.9. The Bertz CT molecular complexity index is 2910. The highest BCUT2D eigenvalue weighted by molar-refractivity contribution is 7.90. The van der Waals surface area contributed by atoms with Crippen LogP contribution in [0.15, 0.2) is 92.9 Å². The monoisotopic (exact) mass is 851 g/mol. The highest BCUT2D eigenvalue weighted by Gasteiger charge is 2.31. The zero-order valence-corrected chi connectivity index (χ0v) is 34.9. The number of halogens is 2. The number of alkyl halides is 2. The lowest BCUT2D eigenvalue weighted by Crippen LogP contribution is -2.35. The normalized spacial score (nSPS) is 14.8. The van der Waals surface area contributed by atoms with Gasteiger partial charge in [-0.3, -0.25) is 14.7 Å². The van der Waals surface area contributed by atoms with E-state index in [4.69, 9.17) is 28.3 Å². The zero-order chi connectivity index (χ0) is 43.2. The average Bonchev–Trinajstić information content (AvgIpc) is 3.95. The van der Waals surface area contributed by atoms with E-state index in [0.717, 1.165) is 39.6 Å². The average molecular weight is 852 g/mol. The number of likely N-dealkylation sites (tertiary alicyclic amines) is 1. The van der Waals surface area contributed by atoms with E-state index in [1.165, 1.54) is 12.3 Å². The molecule has 0 spiro atoms. The van der Waals surface area contributed by atoms with Crippen LogP contribution < -0.4 is 9.47 Å². The molecular formula is C45H43F2N5O8S. The van der Waals surface area contributed by atoms with E-state index in [9.17, 15) is 27.1 Å². The van der Waals surface area contributed by atoms with Gasteiger partial charge in [-0.05, 0) is 99.9 Å². The molecule has 0 saturated carbocycles. The number of ether oxygens (including phenoxy) is 2. The van der Waals surface area contributed by atoms with Crippen LogP contribution in [-0.4, -0.2) is 83.8 Å². The largest absolute Gasteiger partial charge is 0.488 e. The summed E-state index contributed by atoms with van der Waals surface area (Å²) in [6, 6.07) is 19.3. The molecule has 1 fully saturated rings. The molecule has 13 nitrogen and oxygen atoms in total. The first-order chi connectivity index (χ1) is 29.1. The smallest absolute Gasteiger partial charge is 0.387 e. The summed E-state index contributed by atoms with van der Waals surface area (Å²) in [5.74, 6) is 0.230. The molecule has 1 saturated heterocycles. The van der Waals surface area contributed by atoms with E-state index in [2.05, 4.69) is 4.98 Å². The van der Waals surface area contributed by atoms with Crippen LogP contribution in [0.2, 0.25) is 0 Å². The van der Waals surface area contributed by atoms with Gasteiger partial charge >= 0.3 is 12.6 Å². The topological polar surface area (TPSA) is 161 Å². The molecule has 1 aliphatic rings. The van der Waals surface area contributed by atoms with Gasteiger partial charge in [0.05, 0.1) is 4.90 Å². The summed E-state index contributed by atoms with van der Waals surface area (Å²) in [7, 11) is 0.462. The number of carboxylic acid groups (broad SMARTS) is 1. The maximum Gasteiger partial charge on any atom is 0.387 e. The number of sulfone groups is 1. The lowest BCUT2D eigenvalue weighted by Gasteiger charge is -2.22. The van der Waals surface area contributed by atoms with Gasteiger partial charge in [0.1, 0.15) is 35.2 Å². The Morgan fingerprint density at radius 1 is 0.885 bits per heavy atom. The maximum atomic E-state index is 13.6. The molecule has 0 bridgehead atoms. The first kappa shape index (κ1) is 41.5. The summed E-state index contributed by atoms with van der Waals surface area (Å²) >= 11 is 0. The van der Waals surface area contributed by atoms with Crippen LogP contribution in [-0.2, 0) is 34.3 Å². The molecule has 0 unspecified atom stereocenters. The first-order valence-electron chi connectivity index (χ1n) is 19.5. The number of carbonyl (C=O) groups is 1. The van der Waals surface area contributed by atoms with Gasteiger partial charge in [0, 0.05) is 71.7 Å². The third-order valence-corrected chi connectivity index (χ3v) is 12.0. The summed E-state index contributed by atoms with van der Waals surface area (Å²) in [4.78, 5) is 29.5. The molecule has 1 aliphatic heterocycles. The lowest BCUT2D eigenvalue weighted by molar-refractivity contribution is -0.142. The number of hydrogen-bond acceptors (Lipinski definition) is 12. The van der Waals surface area contributed by atoms with Crippen molar-refractivity contribution in [3.8, 4) is 45.5 Å². The molecule has 0 amide bonds. The fourth-order valence-electron chi connectivity index (χ4n) is 7.89. The molecule has 0 radical (unpaired) electrons. The summed E-state index contributed by atoms with van der Waals surface area (Å²) in [6.45, 7) is 2.14. The second-order valence-corrected chi connectivity index (χ2v) is 17.5. The number of oxazole rings is 2. The van der Waals surface area contributed by atoms with Crippen molar-refractivity contribution in [3.05, 3.63) is 107 Å². The van der Waals surface area contributed by atoms with Gasteiger partial charge in [0.25, 0.3) is 0 Å². The quantitative estimate of drug-likeness (QED) is 0.111. The van der Waals surface area contributed by atoms with E-state index >= 15 is 0 Å². The highest BCUT2D eigenvalue weighted by Crippen LogP contribution is 2.40. The number of hydrogen-bond donors (Lipinski definition) is 1. The second kappa shape index (κ2) is 16.7. The van der Waals surface area contributed by atoms with E-state index in [0.29, 0.717) is 70.9 Å². The van der Waals surface area contributed by atoms with Crippen LogP contribution in [0.1, 0.15) is 40.7 Å². The lowest BCUT2D eigenvalue weighted by atomic mass is 9.91. The number of nitrogens with zero attached hydrogens (tertiary/aromatic N) is 5. The van der Waals surface area contributed by atoms with E-state index in [-0.39, 0.29) is 35.3 Å². The summed E-state index contributed by atoms with van der Waals surface area (Å²) in [5, 5.41) is 9.69.